The Bertz CT molecular complexity index is 461. The molecule has 1 unspecified atom stereocenters. The maximum atomic E-state index is 11.9. The molecule has 3 nitrogen and oxygen atoms in total. The highest BCUT2D eigenvalue weighted by atomic mass is 16.5. The quantitative estimate of drug-likeness (QED) is 0.657. The van der Waals surface area contributed by atoms with E-state index in [1.165, 1.54) is 5.56 Å². The minimum atomic E-state index is -0.217. The Morgan fingerprint density at radius 3 is 3.00 bits per heavy atom. The molecule has 0 aliphatic carbocycles. The number of carbonyl (C=O) groups is 1. The molecule has 0 amide bonds. The summed E-state index contributed by atoms with van der Waals surface area (Å²) in [6.07, 6.45) is 3.63. The number of benzene rings is 1. The van der Waals surface area contributed by atoms with Crippen molar-refractivity contribution in [1.82, 2.24) is 0 Å². The van der Waals surface area contributed by atoms with Crippen LogP contribution < -0.4 is 5.32 Å². The van der Waals surface area contributed by atoms with E-state index in [9.17, 15) is 4.79 Å². The van der Waals surface area contributed by atoms with Crippen LogP contribution in [0.15, 0.2) is 35.9 Å². The van der Waals surface area contributed by atoms with E-state index in [1.54, 1.807) is 0 Å². The molecule has 1 atom stereocenters. The van der Waals surface area contributed by atoms with Crippen LogP contribution in [-0.4, -0.2) is 18.6 Å². The number of anilines is 1. The van der Waals surface area contributed by atoms with Gasteiger partial charge in [-0.05, 0) is 44.4 Å². The number of hydrogen-bond acceptors (Lipinski definition) is 3. The maximum absolute atomic E-state index is 11.9. The summed E-state index contributed by atoms with van der Waals surface area (Å²) in [7, 11) is 0. The fraction of sp³-hybridized carbons (Fsp3) is 0.400. The number of fused-ring (bicyclic) bond motifs is 1. The fourth-order valence-corrected chi connectivity index (χ4v) is 2.01. The van der Waals surface area contributed by atoms with E-state index >= 15 is 0 Å². The molecule has 0 aromatic heterocycles. The van der Waals surface area contributed by atoms with Gasteiger partial charge in [0.15, 0.2) is 0 Å². The standard InChI is InChI=1S/C15H19NO2/c1-11(2)9-10-18-15(17)14-8-7-12-5-3-4-6-13(12)16-14/h3-6,9,14,16H,7-8,10H2,1-2H3. The van der Waals surface area contributed by atoms with E-state index in [-0.39, 0.29) is 12.0 Å². The molecular weight excluding hydrogens is 226 g/mol. The molecule has 3 heteroatoms. The van der Waals surface area contributed by atoms with Crippen LogP contribution in [0.4, 0.5) is 5.69 Å². The van der Waals surface area contributed by atoms with Crippen molar-refractivity contribution < 1.29 is 9.53 Å². The Kier molecular flexibility index (Phi) is 4.03. The monoisotopic (exact) mass is 245 g/mol. The Morgan fingerprint density at radius 2 is 2.22 bits per heavy atom. The van der Waals surface area contributed by atoms with Gasteiger partial charge in [-0.15, -0.1) is 0 Å². The molecule has 96 valence electrons. The maximum Gasteiger partial charge on any atom is 0.328 e. The van der Waals surface area contributed by atoms with Gasteiger partial charge in [0.05, 0.1) is 0 Å². The molecule has 1 heterocycles. The Balaban J connectivity index is 1.92. The number of allylic oxidation sites excluding steroid dienone is 1. The lowest BCUT2D eigenvalue weighted by molar-refractivity contribution is -0.143. The van der Waals surface area contributed by atoms with Crippen LogP contribution in [0.5, 0.6) is 0 Å². The second kappa shape index (κ2) is 5.71. The van der Waals surface area contributed by atoms with Gasteiger partial charge in [0.1, 0.15) is 12.6 Å². The van der Waals surface area contributed by atoms with Gasteiger partial charge in [-0.1, -0.05) is 23.8 Å². The summed E-state index contributed by atoms with van der Waals surface area (Å²) in [4.78, 5) is 11.9. The van der Waals surface area contributed by atoms with Crippen LogP contribution in [0.2, 0.25) is 0 Å². The van der Waals surface area contributed by atoms with E-state index in [2.05, 4.69) is 11.4 Å². The van der Waals surface area contributed by atoms with Crippen molar-refractivity contribution in [1.29, 1.82) is 0 Å². The molecule has 2 rings (SSSR count). The molecule has 1 N–H and O–H groups in total. The first-order valence-electron chi connectivity index (χ1n) is 6.31. The van der Waals surface area contributed by atoms with Crippen LogP contribution >= 0.6 is 0 Å². The van der Waals surface area contributed by atoms with E-state index in [4.69, 9.17) is 4.74 Å². The van der Waals surface area contributed by atoms with Crippen LogP contribution in [0, 0.1) is 0 Å². The van der Waals surface area contributed by atoms with Crippen LogP contribution in [-0.2, 0) is 16.0 Å². The van der Waals surface area contributed by atoms with Crippen LogP contribution in [0.3, 0.4) is 0 Å². The molecule has 1 aromatic rings. The first-order chi connectivity index (χ1) is 8.66. The zero-order valence-corrected chi connectivity index (χ0v) is 10.9. The van der Waals surface area contributed by atoms with Crippen molar-refractivity contribution in [2.75, 3.05) is 11.9 Å². The third kappa shape index (κ3) is 3.13. The van der Waals surface area contributed by atoms with Crippen molar-refractivity contribution >= 4 is 11.7 Å². The van der Waals surface area contributed by atoms with Crippen LogP contribution in [0.1, 0.15) is 25.8 Å². The average Bonchev–Trinajstić information content (AvgIpc) is 2.37. The van der Waals surface area contributed by atoms with E-state index in [1.807, 2.05) is 38.1 Å². The Hall–Kier alpha value is -1.77. The summed E-state index contributed by atoms with van der Waals surface area (Å²) in [5, 5.41) is 3.24. The zero-order valence-electron chi connectivity index (χ0n) is 10.9. The molecule has 0 spiro atoms. The third-order valence-corrected chi connectivity index (χ3v) is 3.05. The molecule has 0 radical (unpaired) electrons. The normalized spacial score (nSPS) is 17.3. The first-order valence-corrected chi connectivity index (χ1v) is 6.31. The molecule has 0 bridgehead atoms. The van der Waals surface area contributed by atoms with Gasteiger partial charge in [-0.2, -0.15) is 0 Å². The SMILES string of the molecule is CC(C)=CCOC(=O)C1CCc2ccccc2N1. The summed E-state index contributed by atoms with van der Waals surface area (Å²) in [6.45, 7) is 4.34. The molecule has 0 saturated carbocycles. The zero-order chi connectivity index (χ0) is 13.0. The van der Waals surface area contributed by atoms with Gasteiger partial charge in [0, 0.05) is 5.69 Å². The van der Waals surface area contributed by atoms with Crippen molar-refractivity contribution in [3.8, 4) is 0 Å². The molecule has 0 fully saturated rings. The highest BCUT2D eigenvalue weighted by molar-refractivity contribution is 5.80. The molecule has 1 aromatic carbocycles. The number of hydrogen-bond donors (Lipinski definition) is 1. The summed E-state index contributed by atoms with van der Waals surface area (Å²) in [5.41, 5.74) is 3.48. The predicted octanol–water partition coefficient (Wildman–Crippen LogP) is 2.92. The average molecular weight is 245 g/mol. The second-order valence-electron chi connectivity index (χ2n) is 4.80. The number of carbonyl (C=O) groups excluding carboxylic acids is 1. The summed E-state index contributed by atoms with van der Waals surface area (Å²) in [6, 6.07) is 7.87. The van der Waals surface area contributed by atoms with E-state index in [0.29, 0.717) is 6.61 Å². The molecule has 0 saturated heterocycles. The summed E-state index contributed by atoms with van der Waals surface area (Å²) in [5.74, 6) is -0.165. The van der Waals surface area contributed by atoms with Crippen LogP contribution in [0.25, 0.3) is 0 Å². The molecular formula is C15H19NO2. The molecule has 1 aliphatic rings. The van der Waals surface area contributed by atoms with Gasteiger partial charge in [0.25, 0.3) is 0 Å². The lowest BCUT2D eigenvalue weighted by Gasteiger charge is -2.25. The Labute approximate surface area is 108 Å². The van der Waals surface area contributed by atoms with Gasteiger partial charge < -0.3 is 10.1 Å². The van der Waals surface area contributed by atoms with E-state index < -0.39 is 0 Å². The highest BCUT2D eigenvalue weighted by Crippen LogP contribution is 2.24. The number of nitrogens with one attached hydrogen (secondary N) is 1. The summed E-state index contributed by atoms with van der Waals surface area (Å²) >= 11 is 0. The van der Waals surface area contributed by atoms with Crippen molar-refractivity contribution in [2.24, 2.45) is 0 Å². The largest absolute Gasteiger partial charge is 0.460 e. The van der Waals surface area contributed by atoms with Gasteiger partial charge in [0.2, 0.25) is 0 Å². The smallest absolute Gasteiger partial charge is 0.328 e. The lowest BCUT2D eigenvalue weighted by Crippen LogP contribution is -2.34. The van der Waals surface area contributed by atoms with Gasteiger partial charge in [-0.25, -0.2) is 4.79 Å². The molecule has 18 heavy (non-hydrogen) atoms. The van der Waals surface area contributed by atoms with Gasteiger partial charge in [-0.3, -0.25) is 0 Å². The van der Waals surface area contributed by atoms with E-state index in [0.717, 1.165) is 24.1 Å². The number of aryl methyl sites for hydroxylation is 1. The fourth-order valence-electron chi connectivity index (χ4n) is 2.01. The number of rotatable bonds is 3. The lowest BCUT2D eigenvalue weighted by atomic mass is 9.98. The Morgan fingerprint density at radius 1 is 1.44 bits per heavy atom. The van der Waals surface area contributed by atoms with Crippen molar-refractivity contribution in [2.45, 2.75) is 32.7 Å². The number of ether oxygens (including phenoxy) is 1. The number of esters is 1. The minimum Gasteiger partial charge on any atom is -0.460 e. The van der Waals surface area contributed by atoms with Gasteiger partial charge >= 0.3 is 5.97 Å². The predicted molar refractivity (Wildman–Crippen MR) is 72.6 cm³/mol. The number of para-hydroxylation sites is 1. The minimum absolute atomic E-state index is 0.165. The third-order valence-electron chi connectivity index (χ3n) is 3.05. The second-order valence-corrected chi connectivity index (χ2v) is 4.80. The topological polar surface area (TPSA) is 38.3 Å². The highest BCUT2D eigenvalue weighted by Gasteiger charge is 2.24. The van der Waals surface area contributed by atoms with Crippen molar-refractivity contribution in [3.05, 3.63) is 41.5 Å². The first kappa shape index (κ1) is 12.7. The molecule has 1 aliphatic heterocycles. The van der Waals surface area contributed by atoms with Crippen molar-refractivity contribution in [3.63, 3.8) is 0 Å². The summed E-state index contributed by atoms with van der Waals surface area (Å²) < 4.78 is 5.23.